The van der Waals surface area contributed by atoms with E-state index in [0.717, 1.165) is 10.9 Å². The highest BCUT2D eigenvalue weighted by molar-refractivity contribution is 6.30. The van der Waals surface area contributed by atoms with Crippen LogP contribution in [0.15, 0.2) is 24.3 Å². The third kappa shape index (κ3) is 2.28. The van der Waals surface area contributed by atoms with Gasteiger partial charge in [-0.25, -0.2) is 4.98 Å². The van der Waals surface area contributed by atoms with Crippen molar-refractivity contribution in [3.8, 4) is 0 Å². The second-order valence-electron chi connectivity index (χ2n) is 4.62. The van der Waals surface area contributed by atoms with Crippen LogP contribution in [0.4, 0.5) is 0 Å². The van der Waals surface area contributed by atoms with Gasteiger partial charge in [-0.05, 0) is 24.5 Å². The van der Waals surface area contributed by atoms with E-state index in [4.69, 9.17) is 11.6 Å². The van der Waals surface area contributed by atoms with Crippen LogP contribution in [0.3, 0.4) is 0 Å². The number of nitrogens with zero attached hydrogens (tertiary/aromatic N) is 1. The largest absolute Gasteiger partial charge is 0.389 e. The standard InChI is InChI=1S/C14H16ClNO/c1-8(2)11-6-4-5-10-7-12(9(3)17)14(15)16-13(10)11/h4-9,17H,1-3H3. The van der Waals surface area contributed by atoms with Crippen molar-refractivity contribution < 1.29 is 5.11 Å². The molecule has 0 saturated carbocycles. The summed E-state index contributed by atoms with van der Waals surface area (Å²) in [6.07, 6.45) is -0.595. The van der Waals surface area contributed by atoms with Crippen molar-refractivity contribution in [3.63, 3.8) is 0 Å². The highest BCUT2D eigenvalue weighted by Gasteiger charge is 2.12. The van der Waals surface area contributed by atoms with Gasteiger partial charge < -0.3 is 5.11 Å². The summed E-state index contributed by atoms with van der Waals surface area (Å²) >= 11 is 6.10. The van der Waals surface area contributed by atoms with Crippen molar-refractivity contribution in [1.29, 1.82) is 0 Å². The number of aromatic nitrogens is 1. The molecule has 1 heterocycles. The lowest BCUT2D eigenvalue weighted by atomic mass is 9.98. The molecule has 0 aliphatic rings. The number of para-hydroxylation sites is 1. The minimum Gasteiger partial charge on any atom is -0.389 e. The molecule has 2 aromatic rings. The van der Waals surface area contributed by atoms with Gasteiger partial charge in [0.1, 0.15) is 5.15 Å². The Morgan fingerprint density at radius 2 is 1.88 bits per heavy atom. The number of halogens is 1. The molecule has 2 rings (SSSR count). The van der Waals surface area contributed by atoms with Gasteiger partial charge in [-0.3, -0.25) is 0 Å². The van der Waals surface area contributed by atoms with E-state index >= 15 is 0 Å². The zero-order valence-electron chi connectivity index (χ0n) is 10.2. The van der Waals surface area contributed by atoms with Gasteiger partial charge in [0, 0.05) is 10.9 Å². The van der Waals surface area contributed by atoms with Crippen LogP contribution in [-0.2, 0) is 0 Å². The maximum atomic E-state index is 9.62. The van der Waals surface area contributed by atoms with Crippen molar-refractivity contribution in [3.05, 3.63) is 40.5 Å². The molecule has 90 valence electrons. The van der Waals surface area contributed by atoms with Crippen LogP contribution in [0.5, 0.6) is 0 Å². The number of pyridine rings is 1. The van der Waals surface area contributed by atoms with Crippen molar-refractivity contribution in [2.45, 2.75) is 32.8 Å². The first kappa shape index (κ1) is 12.3. The molecular formula is C14H16ClNO. The number of rotatable bonds is 2. The van der Waals surface area contributed by atoms with Crippen molar-refractivity contribution in [1.82, 2.24) is 4.98 Å². The zero-order valence-corrected chi connectivity index (χ0v) is 11.0. The molecular weight excluding hydrogens is 234 g/mol. The minimum atomic E-state index is -0.595. The van der Waals surface area contributed by atoms with Gasteiger partial charge in [0.2, 0.25) is 0 Å². The molecule has 0 radical (unpaired) electrons. The van der Waals surface area contributed by atoms with Gasteiger partial charge in [-0.2, -0.15) is 0 Å². The van der Waals surface area contributed by atoms with Crippen LogP contribution in [0.25, 0.3) is 10.9 Å². The minimum absolute atomic E-state index is 0.389. The van der Waals surface area contributed by atoms with E-state index in [9.17, 15) is 5.11 Å². The Hall–Kier alpha value is -1.12. The number of benzene rings is 1. The van der Waals surface area contributed by atoms with E-state index in [1.165, 1.54) is 5.56 Å². The lowest BCUT2D eigenvalue weighted by Gasteiger charge is -2.12. The molecule has 1 aromatic heterocycles. The number of aliphatic hydroxyl groups excluding tert-OH is 1. The fourth-order valence-electron chi connectivity index (χ4n) is 1.97. The summed E-state index contributed by atoms with van der Waals surface area (Å²) < 4.78 is 0. The highest BCUT2D eigenvalue weighted by Crippen LogP contribution is 2.29. The molecule has 0 amide bonds. The zero-order chi connectivity index (χ0) is 12.6. The van der Waals surface area contributed by atoms with E-state index in [0.29, 0.717) is 16.6 Å². The summed E-state index contributed by atoms with van der Waals surface area (Å²) in [5, 5.41) is 11.0. The maximum absolute atomic E-state index is 9.62. The Morgan fingerprint density at radius 1 is 1.18 bits per heavy atom. The first-order chi connectivity index (χ1) is 8.00. The van der Waals surface area contributed by atoms with E-state index in [1.54, 1.807) is 6.92 Å². The molecule has 2 nitrogen and oxygen atoms in total. The van der Waals surface area contributed by atoms with Crippen LogP contribution in [0.2, 0.25) is 5.15 Å². The van der Waals surface area contributed by atoms with E-state index in [1.807, 2.05) is 18.2 Å². The molecule has 0 spiro atoms. The molecule has 0 saturated heterocycles. The van der Waals surface area contributed by atoms with Crippen LogP contribution in [0, 0.1) is 0 Å². The summed E-state index contributed by atoms with van der Waals surface area (Å²) in [6.45, 7) is 5.96. The first-order valence-electron chi connectivity index (χ1n) is 5.78. The van der Waals surface area contributed by atoms with Gasteiger partial charge in [0.15, 0.2) is 0 Å². The predicted molar refractivity (Wildman–Crippen MR) is 71.5 cm³/mol. The van der Waals surface area contributed by atoms with E-state index < -0.39 is 6.10 Å². The quantitative estimate of drug-likeness (QED) is 0.814. The molecule has 1 aromatic carbocycles. The highest BCUT2D eigenvalue weighted by atomic mass is 35.5. The lowest BCUT2D eigenvalue weighted by Crippen LogP contribution is -1.98. The Bertz CT molecular complexity index is 549. The second kappa shape index (κ2) is 4.63. The number of aliphatic hydroxyl groups is 1. The molecule has 0 aliphatic heterocycles. The normalized spacial score (nSPS) is 13.3. The third-order valence-electron chi connectivity index (χ3n) is 2.93. The Morgan fingerprint density at radius 3 is 2.47 bits per heavy atom. The van der Waals surface area contributed by atoms with E-state index in [-0.39, 0.29) is 0 Å². The topological polar surface area (TPSA) is 33.1 Å². The predicted octanol–water partition coefficient (Wildman–Crippen LogP) is 4.06. The fraction of sp³-hybridized carbons (Fsp3) is 0.357. The average molecular weight is 250 g/mol. The summed E-state index contributed by atoms with van der Waals surface area (Å²) in [7, 11) is 0. The summed E-state index contributed by atoms with van der Waals surface area (Å²) in [6, 6.07) is 8.00. The first-order valence-corrected chi connectivity index (χ1v) is 6.15. The fourth-order valence-corrected chi connectivity index (χ4v) is 2.27. The smallest absolute Gasteiger partial charge is 0.135 e. The number of hydrogen-bond acceptors (Lipinski definition) is 2. The molecule has 1 atom stereocenters. The number of hydrogen-bond donors (Lipinski definition) is 1. The van der Waals surface area contributed by atoms with Gasteiger partial charge in [-0.1, -0.05) is 43.6 Å². The molecule has 1 N–H and O–H groups in total. The molecule has 3 heteroatoms. The van der Waals surface area contributed by atoms with Crippen LogP contribution in [-0.4, -0.2) is 10.1 Å². The molecule has 17 heavy (non-hydrogen) atoms. The van der Waals surface area contributed by atoms with Gasteiger partial charge in [0.25, 0.3) is 0 Å². The lowest BCUT2D eigenvalue weighted by molar-refractivity contribution is 0.199. The summed E-state index contributed by atoms with van der Waals surface area (Å²) in [5.74, 6) is 0.402. The van der Waals surface area contributed by atoms with Crippen LogP contribution in [0.1, 0.15) is 43.9 Å². The SMILES string of the molecule is CC(C)c1cccc2cc(C(C)O)c(Cl)nc12. The van der Waals surface area contributed by atoms with Crippen molar-refractivity contribution >= 4 is 22.5 Å². The van der Waals surface area contributed by atoms with Gasteiger partial charge in [-0.15, -0.1) is 0 Å². The number of fused-ring (bicyclic) bond motifs is 1. The van der Waals surface area contributed by atoms with Crippen LogP contribution < -0.4 is 0 Å². The summed E-state index contributed by atoms with van der Waals surface area (Å²) in [5.41, 5.74) is 2.79. The maximum Gasteiger partial charge on any atom is 0.135 e. The molecule has 0 fully saturated rings. The van der Waals surface area contributed by atoms with Gasteiger partial charge >= 0.3 is 0 Å². The second-order valence-corrected chi connectivity index (χ2v) is 4.98. The Kier molecular flexibility index (Phi) is 3.36. The van der Waals surface area contributed by atoms with E-state index in [2.05, 4.69) is 24.9 Å². The van der Waals surface area contributed by atoms with Crippen LogP contribution >= 0.6 is 11.6 Å². The molecule has 0 bridgehead atoms. The van der Waals surface area contributed by atoms with Crippen molar-refractivity contribution in [2.24, 2.45) is 0 Å². The average Bonchev–Trinajstić information content (AvgIpc) is 2.26. The third-order valence-corrected chi connectivity index (χ3v) is 3.23. The molecule has 1 unspecified atom stereocenters. The molecule has 0 aliphatic carbocycles. The Balaban J connectivity index is 2.73. The summed E-state index contributed by atoms with van der Waals surface area (Å²) in [4.78, 5) is 4.42. The monoisotopic (exact) mass is 249 g/mol. The van der Waals surface area contributed by atoms with Gasteiger partial charge in [0.05, 0.1) is 11.6 Å². The Labute approximate surface area is 106 Å². The van der Waals surface area contributed by atoms with Crippen molar-refractivity contribution in [2.75, 3.05) is 0 Å².